The smallest absolute Gasteiger partial charge is 0.410 e. The van der Waals surface area contributed by atoms with E-state index in [1.165, 1.54) is 6.07 Å². The molecule has 0 aromatic heterocycles. The molecule has 4 nitrogen and oxygen atoms in total. The molecule has 0 bridgehead atoms. The molecule has 1 amide bonds. The number of ether oxygens (including phenoxy) is 2. The fourth-order valence-electron chi connectivity index (χ4n) is 2.07. The molecule has 1 aliphatic rings. The normalized spacial score (nSPS) is 18.7. The van der Waals surface area contributed by atoms with Gasteiger partial charge in [-0.3, -0.25) is 0 Å². The lowest BCUT2D eigenvalue weighted by Gasteiger charge is -2.24. The van der Waals surface area contributed by atoms with Crippen LogP contribution in [-0.4, -0.2) is 35.8 Å². The van der Waals surface area contributed by atoms with Gasteiger partial charge in [0.1, 0.15) is 11.7 Å². The summed E-state index contributed by atoms with van der Waals surface area (Å²) in [4.78, 5) is 13.5. The zero-order valence-electron chi connectivity index (χ0n) is 12.4. The minimum atomic E-state index is -0.516. The van der Waals surface area contributed by atoms with Crippen LogP contribution in [0.15, 0.2) is 18.2 Å². The first kappa shape index (κ1) is 16.3. The van der Waals surface area contributed by atoms with Crippen LogP contribution in [0.3, 0.4) is 0 Å². The summed E-state index contributed by atoms with van der Waals surface area (Å²) < 4.78 is 25.5. The number of benzene rings is 1. The van der Waals surface area contributed by atoms with Crippen LogP contribution in [-0.2, 0) is 4.74 Å². The third-order valence-electron chi connectivity index (χ3n) is 2.98. The summed E-state index contributed by atoms with van der Waals surface area (Å²) in [7, 11) is 0. The van der Waals surface area contributed by atoms with Crippen molar-refractivity contribution < 1.29 is 18.7 Å². The van der Waals surface area contributed by atoms with Gasteiger partial charge in [0, 0.05) is 16.5 Å². The van der Waals surface area contributed by atoms with Gasteiger partial charge >= 0.3 is 6.09 Å². The molecule has 0 radical (unpaired) electrons. The average Bonchev–Trinajstić information content (AvgIpc) is 2.79. The highest BCUT2D eigenvalue weighted by Gasteiger charge is 2.31. The number of amides is 1. The zero-order chi connectivity index (χ0) is 15.6. The molecule has 6 heteroatoms. The summed E-state index contributed by atoms with van der Waals surface area (Å²) in [6.07, 6.45) is 0.119. The Kier molecular flexibility index (Phi) is 4.95. The van der Waals surface area contributed by atoms with Crippen LogP contribution in [0.25, 0.3) is 0 Å². The van der Waals surface area contributed by atoms with Crippen molar-refractivity contribution >= 4 is 28.7 Å². The molecular weight excluding hydrogens is 388 g/mol. The molecule has 21 heavy (non-hydrogen) atoms. The average molecular weight is 407 g/mol. The van der Waals surface area contributed by atoms with Crippen LogP contribution in [0.5, 0.6) is 5.75 Å². The lowest BCUT2D eigenvalue weighted by Crippen LogP contribution is -2.36. The Hall–Kier alpha value is -1.05. The zero-order valence-corrected chi connectivity index (χ0v) is 14.5. The predicted molar refractivity (Wildman–Crippen MR) is 86.0 cm³/mol. The molecular formula is C15H19FINO3. The molecule has 0 unspecified atom stereocenters. The van der Waals surface area contributed by atoms with Crippen molar-refractivity contribution in [2.75, 3.05) is 13.1 Å². The second-order valence-corrected chi connectivity index (χ2v) is 7.28. The van der Waals surface area contributed by atoms with Crippen molar-refractivity contribution in [3.63, 3.8) is 0 Å². The SMILES string of the molecule is CC(C)(C)OC(=O)N1CC[C@@H](Oc2ccc(I)cc2F)C1. The standard InChI is InChI=1S/C15H19FINO3/c1-15(2,3)21-14(19)18-7-6-11(9-18)20-13-5-4-10(17)8-12(13)16/h4-5,8,11H,6-7,9H2,1-3H3/t11-/m1/s1. The molecule has 1 saturated heterocycles. The van der Waals surface area contributed by atoms with Gasteiger partial charge in [-0.05, 0) is 61.6 Å². The van der Waals surface area contributed by atoms with Crippen molar-refractivity contribution in [2.24, 2.45) is 0 Å². The molecule has 0 aliphatic carbocycles. The highest BCUT2D eigenvalue weighted by atomic mass is 127. The summed E-state index contributed by atoms with van der Waals surface area (Å²) in [5.41, 5.74) is -0.516. The Bertz CT molecular complexity index is 530. The molecule has 1 aromatic rings. The Labute approximate surface area is 137 Å². The minimum absolute atomic E-state index is 0.202. The van der Waals surface area contributed by atoms with Gasteiger partial charge in [0.15, 0.2) is 11.6 Å². The van der Waals surface area contributed by atoms with E-state index in [2.05, 4.69) is 0 Å². The third kappa shape index (κ3) is 4.72. The van der Waals surface area contributed by atoms with Crippen molar-refractivity contribution in [2.45, 2.75) is 38.9 Å². The fourth-order valence-corrected chi connectivity index (χ4v) is 2.52. The molecule has 116 valence electrons. The van der Waals surface area contributed by atoms with Gasteiger partial charge in [0.05, 0.1) is 6.54 Å². The Morgan fingerprint density at radius 3 is 2.76 bits per heavy atom. The van der Waals surface area contributed by atoms with Crippen LogP contribution >= 0.6 is 22.6 Å². The first-order valence-electron chi connectivity index (χ1n) is 6.84. The van der Waals surface area contributed by atoms with E-state index in [4.69, 9.17) is 9.47 Å². The molecule has 1 atom stereocenters. The maximum absolute atomic E-state index is 13.7. The summed E-state index contributed by atoms with van der Waals surface area (Å²) in [6.45, 7) is 6.47. The van der Waals surface area contributed by atoms with E-state index in [9.17, 15) is 9.18 Å². The van der Waals surface area contributed by atoms with Gasteiger partial charge in [-0.25, -0.2) is 9.18 Å². The number of likely N-dealkylation sites (tertiary alicyclic amines) is 1. The maximum Gasteiger partial charge on any atom is 0.410 e. The van der Waals surface area contributed by atoms with Gasteiger partial charge in [-0.2, -0.15) is 0 Å². The van der Waals surface area contributed by atoms with E-state index in [0.29, 0.717) is 19.5 Å². The van der Waals surface area contributed by atoms with Crippen LogP contribution in [0.4, 0.5) is 9.18 Å². The molecule has 2 rings (SSSR count). The predicted octanol–water partition coefficient (Wildman–Crippen LogP) is 3.82. The lowest BCUT2D eigenvalue weighted by atomic mass is 10.2. The quantitative estimate of drug-likeness (QED) is 0.700. The largest absolute Gasteiger partial charge is 0.485 e. The molecule has 1 aliphatic heterocycles. The highest BCUT2D eigenvalue weighted by molar-refractivity contribution is 14.1. The van der Waals surface area contributed by atoms with Gasteiger partial charge in [0.2, 0.25) is 0 Å². The first-order chi connectivity index (χ1) is 9.74. The number of rotatable bonds is 2. The molecule has 1 heterocycles. The topological polar surface area (TPSA) is 38.8 Å². The van der Waals surface area contributed by atoms with Crippen LogP contribution < -0.4 is 4.74 Å². The van der Waals surface area contributed by atoms with Crippen molar-refractivity contribution in [1.29, 1.82) is 0 Å². The first-order valence-corrected chi connectivity index (χ1v) is 7.92. The third-order valence-corrected chi connectivity index (χ3v) is 3.66. The summed E-state index contributed by atoms with van der Waals surface area (Å²) in [5.74, 6) is -0.149. The Balaban J connectivity index is 1.92. The van der Waals surface area contributed by atoms with E-state index in [1.807, 2.05) is 43.4 Å². The highest BCUT2D eigenvalue weighted by Crippen LogP contribution is 2.24. The summed E-state index contributed by atoms with van der Waals surface area (Å²) >= 11 is 2.05. The number of nitrogens with zero attached hydrogens (tertiary/aromatic N) is 1. The molecule has 1 fully saturated rings. The Morgan fingerprint density at radius 2 is 2.14 bits per heavy atom. The number of carbonyl (C=O) groups is 1. The monoisotopic (exact) mass is 407 g/mol. The molecule has 0 N–H and O–H groups in total. The van der Waals surface area contributed by atoms with E-state index in [-0.39, 0.29) is 23.8 Å². The minimum Gasteiger partial charge on any atom is -0.485 e. The summed E-state index contributed by atoms with van der Waals surface area (Å²) in [5, 5.41) is 0. The van der Waals surface area contributed by atoms with Crippen LogP contribution in [0, 0.1) is 9.39 Å². The molecule has 1 aromatic carbocycles. The van der Waals surface area contributed by atoms with Crippen molar-refractivity contribution in [3.8, 4) is 5.75 Å². The number of hydrogen-bond acceptors (Lipinski definition) is 3. The van der Waals surface area contributed by atoms with Crippen LogP contribution in [0.2, 0.25) is 0 Å². The number of hydrogen-bond donors (Lipinski definition) is 0. The van der Waals surface area contributed by atoms with E-state index >= 15 is 0 Å². The molecule has 0 saturated carbocycles. The Morgan fingerprint density at radius 1 is 1.43 bits per heavy atom. The number of halogens is 2. The maximum atomic E-state index is 13.7. The van der Waals surface area contributed by atoms with Gasteiger partial charge in [-0.1, -0.05) is 0 Å². The van der Waals surface area contributed by atoms with Crippen LogP contribution in [0.1, 0.15) is 27.2 Å². The van der Waals surface area contributed by atoms with E-state index in [0.717, 1.165) is 3.57 Å². The molecule has 0 spiro atoms. The fraction of sp³-hybridized carbons (Fsp3) is 0.533. The van der Waals surface area contributed by atoms with Crippen molar-refractivity contribution in [3.05, 3.63) is 27.6 Å². The second kappa shape index (κ2) is 6.37. The lowest BCUT2D eigenvalue weighted by molar-refractivity contribution is 0.0275. The van der Waals surface area contributed by atoms with Gasteiger partial charge in [-0.15, -0.1) is 0 Å². The van der Waals surface area contributed by atoms with E-state index in [1.54, 1.807) is 17.0 Å². The van der Waals surface area contributed by atoms with Gasteiger partial charge < -0.3 is 14.4 Å². The second-order valence-electron chi connectivity index (χ2n) is 6.03. The number of carbonyl (C=O) groups excluding carboxylic acids is 1. The van der Waals surface area contributed by atoms with E-state index < -0.39 is 5.60 Å². The summed E-state index contributed by atoms with van der Waals surface area (Å²) in [6, 6.07) is 4.84. The van der Waals surface area contributed by atoms with Gasteiger partial charge in [0.25, 0.3) is 0 Å². The van der Waals surface area contributed by atoms with Crippen molar-refractivity contribution in [1.82, 2.24) is 4.90 Å².